The van der Waals surface area contributed by atoms with Crippen LogP contribution in [0.3, 0.4) is 0 Å². The van der Waals surface area contributed by atoms with Crippen molar-refractivity contribution in [3.8, 4) is 11.4 Å². The van der Waals surface area contributed by atoms with Gasteiger partial charge in [-0.1, -0.05) is 30.3 Å². The fraction of sp³-hybridized carbons (Fsp3) is 0.400. The SMILES string of the molecule is CC(=O)NCCNc1nc(-c2ccccc2)nc(NCCNC(=O)CC[N+](=O)[O-])c1C. The molecule has 4 N–H and O–H groups in total. The van der Waals surface area contributed by atoms with Crippen LogP contribution in [0.4, 0.5) is 11.6 Å². The van der Waals surface area contributed by atoms with Crippen LogP contribution in [0.25, 0.3) is 11.4 Å². The Hall–Kier alpha value is -3.76. The number of anilines is 2. The Morgan fingerprint density at radius 2 is 1.55 bits per heavy atom. The first kappa shape index (κ1) is 23.5. The van der Waals surface area contributed by atoms with Crippen molar-refractivity contribution in [2.75, 3.05) is 43.4 Å². The number of rotatable bonds is 12. The zero-order valence-corrected chi connectivity index (χ0v) is 17.6. The number of hydrogen-bond acceptors (Lipinski definition) is 8. The van der Waals surface area contributed by atoms with E-state index < -0.39 is 11.5 Å². The number of carbonyl (C=O) groups excluding carboxylic acids is 2. The summed E-state index contributed by atoms with van der Waals surface area (Å²) in [5.74, 6) is 1.30. The van der Waals surface area contributed by atoms with E-state index >= 15 is 0 Å². The van der Waals surface area contributed by atoms with Crippen LogP contribution in [-0.2, 0) is 9.59 Å². The van der Waals surface area contributed by atoms with E-state index in [1.54, 1.807) is 0 Å². The van der Waals surface area contributed by atoms with Gasteiger partial charge in [0.15, 0.2) is 5.82 Å². The molecule has 0 bridgehead atoms. The second kappa shape index (κ2) is 12.1. The Morgan fingerprint density at radius 1 is 0.968 bits per heavy atom. The van der Waals surface area contributed by atoms with E-state index in [1.165, 1.54) is 6.92 Å². The highest BCUT2D eigenvalue weighted by Gasteiger charge is 2.12. The zero-order chi connectivity index (χ0) is 22.6. The molecular formula is C20H27N7O4. The fourth-order valence-electron chi connectivity index (χ4n) is 2.66. The van der Waals surface area contributed by atoms with Crippen molar-refractivity contribution >= 4 is 23.5 Å². The summed E-state index contributed by atoms with van der Waals surface area (Å²) in [5.41, 5.74) is 1.64. The Bertz CT molecular complexity index is 906. The molecule has 0 saturated heterocycles. The fourth-order valence-corrected chi connectivity index (χ4v) is 2.66. The second-order valence-corrected chi connectivity index (χ2v) is 6.73. The molecule has 0 spiro atoms. The van der Waals surface area contributed by atoms with Gasteiger partial charge in [0.1, 0.15) is 11.6 Å². The molecule has 1 aromatic carbocycles. The van der Waals surface area contributed by atoms with Crippen LogP contribution in [0.15, 0.2) is 30.3 Å². The maximum atomic E-state index is 11.6. The molecule has 11 nitrogen and oxygen atoms in total. The van der Waals surface area contributed by atoms with Gasteiger partial charge in [0.25, 0.3) is 0 Å². The first-order chi connectivity index (χ1) is 14.9. The van der Waals surface area contributed by atoms with Crippen LogP contribution < -0.4 is 21.3 Å². The molecule has 0 fully saturated rings. The van der Waals surface area contributed by atoms with E-state index in [4.69, 9.17) is 0 Å². The molecule has 2 amide bonds. The smallest absolute Gasteiger partial charge is 0.226 e. The number of carbonyl (C=O) groups is 2. The Labute approximate surface area is 180 Å². The quantitative estimate of drug-likeness (QED) is 0.223. The van der Waals surface area contributed by atoms with E-state index in [1.807, 2.05) is 37.3 Å². The van der Waals surface area contributed by atoms with Crippen molar-refractivity contribution in [1.29, 1.82) is 0 Å². The standard InChI is InChI=1S/C20H27N7O4/c1-14-18(23-11-9-21-15(2)28)25-20(16-6-4-3-5-7-16)26-19(14)24-12-10-22-17(29)8-13-27(30)31/h3-7H,8-13H2,1-2H3,(H,21,28)(H,22,29)(H2,23,24,25,26). The summed E-state index contributed by atoms with van der Waals surface area (Å²) in [4.78, 5) is 41.7. The van der Waals surface area contributed by atoms with Gasteiger partial charge < -0.3 is 21.3 Å². The third kappa shape index (κ3) is 8.25. The number of amides is 2. The van der Waals surface area contributed by atoms with E-state index in [0.717, 1.165) is 11.1 Å². The predicted molar refractivity (Wildman–Crippen MR) is 117 cm³/mol. The summed E-state index contributed by atoms with van der Waals surface area (Å²) in [6, 6.07) is 9.52. The molecule has 0 atom stereocenters. The lowest BCUT2D eigenvalue weighted by molar-refractivity contribution is -0.478. The van der Waals surface area contributed by atoms with Gasteiger partial charge in [-0.15, -0.1) is 0 Å². The number of nitrogens with one attached hydrogen (secondary N) is 4. The van der Waals surface area contributed by atoms with Gasteiger partial charge >= 0.3 is 0 Å². The van der Waals surface area contributed by atoms with Gasteiger partial charge in [-0.25, -0.2) is 9.97 Å². The molecule has 0 aliphatic rings. The van der Waals surface area contributed by atoms with Crippen LogP contribution in [-0.4, -0.2) is 59.4 Å². The third-order valence-corrected chi connectivity index (χ3v) is 4.23. The minimum atomic E-state index is -0.520. The molecule has 0 aliphatic heterocycles. The molecule has 1 heterocycles. The van der Waals surface area contributed by atoms with E-state index in [2.05, 4.69) is 31.2 Å². The van der Waals surface area contributed by atoms with Crippen molar-refractivity contribution in [2.45, 2.75) is 20.3 Å². The minimum absolute atomic E-state index is 0.103. The molecule has 31 heavy (non-hydrogen) atoms. The monoisotopic (exact) mass is 429 g/mol. The van der Waals surface area contributed by atoms with Crippen LogP contribution >= 0.6 is 0 Å². The molecule has 166 valence electrons. The average Bonchev–Trinajstić information content (AvgIpc) is 2.75. The van der Waals surface area contributed by atoms with Gasteiger partial charge in [0.2, 0.25) is 18.4 Å². The summed E-state index contributed by atoms with van der Waals surface area (Å²) < 4.78 is 0. The normalized spacial score (nSPS) is 10.3. The number of hydrogen-bond donors (Lipinski definition) is 4. The van der Waals surface area contributed by atoms with E-state index in [9.17, 15) is 19.7 Å². The molecule has 0 radical (unpaired) electrons. The third-order valence-electron chi connectivity index (χ3n) is 4.23. The summed E-state index contributed by atoms with van der Waals surface area (Å²) in [6.45, 7) is 4.58. The lowest BCUT2D eigenvalue weighted by atomic mass is 10.2. The molecule has 0 aliphatic carbocycles. The summed E-state index contributed by atoms with van der Waals surface area (Å²) >= 11 is 0. The van der Waals surface area contributed by atoms with Gasteiger partial charge in [0, 0.05) is 49.2 Å². The Morgan fingerprint density at radius 3 is 2.10 bits per heavy atom. The highest BCUT2D eigenvalue weighted by atomic mass is 16.6. The molecule has 1 aromatic heterocycles. The van der Waals surface area contributed by atoms with Crippen LogP contribution in [0.1, 0.15) is 18.9 Å². The zero-order valence-electron chi connectivity index (χ0n) is 17.6. The van der Waals surface area contributed by atoms with Crippen LogP contribution in [0.5, 0.6) is 0 Å². The number of nitrogens with zero attached hydrogens (tertiary/aromatic N) is 3. The highest BCUT2D eigenvalue weighted by molar-refractivity contribution is 5.76. The molecule has 2 rings (SSSR count). The summed E-state index contributed by atoms with van der Waals surface area (Å²) in [5, 5.41) is 22.1. The number of nitro groups is 1. The average molecular weight is 429 g/mol. The minimum Gasteiger partial charge on any atom is -0.368 e. The largest absolute Gasteiger partial charge is 0.368 e. The van der Waals surface area contributed by atoms with Crippen LogP contribution in [0.2, 0.25) is 0 Å². The first-order valence-electron chi connectivity index (χ1n) is 9.91. The van der Waals surface area contributed by atoms with E-state index in [-0.39, 0.29) is 18.2 Å². The maximum absolute atomic E-state index is 11.6. The van der Waals surface area contributed by atoms with Crippen molar-refractivity contribution in [3.63, 3.8) is 0 Å². The van der Waals surface area contributed by atoms with Gasteiger partial charge in [0.05, 0.1) is 6.42 Å². The highest BCUT2D eigenvalue weighted by Crippen LogP contribution is 2.24. The van der Waals surface area contributed by atoms with Crippen molar-refractivity contribution in [3.05, 3.63) is 46.0 Å². The summed E-state index contributed by atoms with van der Waals surface area (Å²) in [6.07, 6.45) is -0.153. The van der Waals surface area contributed by atoms with Crippen LogP contribution in [0, 0.1) is 17.0 Å². The van der Waals surface area contributed by atoms with Crippen molar-refractivity contribution in [1.82, 2.24) is 20.6 Å². The molecule has 11 heteroatoms. The van der Waals surface area contributed by atoms with E-state index in [0.29, 0.717) is 43.6 Å². The second-order valence-electron chi connectivity index (χ2n) is 6.73. The lowest BCUT2D eigenvalue weighted by Gasteiger charge is -2.16. The Balaban J connectivity index is 2.05. The topological polar surface area (TPSA) is 151 Å². The Kier molecular flexibility index (Phi) is 9.14. The van der Waals surface area contributed by atoms with Crippen molar-refractivity contribution < 1.29 is 14.5 Å². The van der Waals surface area contributed by atoms with Gasteiger partial charge in [-0.2, -0.15) is 0 Å². The van der Waals surface area contributed by atoms with Crippen molar-refractivity contribution in [2.24, 2.45) is 0 Å². The van der Waals surface area contributed by atoms with Gasteiger partial charge in [-0.05, 0) is 6.92 Å². The molecule has 0 saturated carbocycles. The summed E-state index contributed by atoms with van der Waals surface area (Å²) in [7, 11) is 0. The van der Waals surface area contributed by atoms with Gasteiger partial charge in [-0.3, -0.25) is 19.7 Å². The molecular weight excluding hydrogens is 402 g/mol. The molecule has 0 unspecified atom stereocenters. The first-order valence-corrected chi connectivity index (χ1v) is 9.91. The number of aromatic nitrogens is 2. The lowest BCUT2D eigenvalue weighted by Crippen LogP contribution is -2.30. The molecule has 2 aromatic rings. The maximum Gasteiger partial charge on any atom is 0.226 e. The predicted octanol–water partition coefficient (Wildman–Crippen LogP) is 1.19. The number of benzene rings is 1.